The van der Waals surface area contributed by atoms with Gasteiger partial charge >= 0.3 is 5.97 Å². The number of benzene rings is 1. The van der Waals surface area contributed by atoms with Crippen molar-refractivity contribution in [1.29, 1.82) is 0 Å². The van der Waals surface area contributed by atoms with Crippen molar-refractivity contribution in [2.24, 2.45) is 16.8 Å². The van der Waals surface area contributed by atoms with Crippen LogP contribution in [-0.4, -0.2) is 38.6 Å². The predicted molar refractivity (Wildman–Crippen MR) is 134 cm³/mol. The molecule has 1 fully saturated rings. The number of fused-ring (bicyclic) bond motifs is 1. The number of ketones is 1. The third-order valence-corrected chi connectivity index (χ3v) is 6.67. The Balaban J connectivity index is 1.50. The predicted octanol–water partition coefficient (Wildman–Crippen LogP) is 5.23. The molecule has 2 aromatic heterocycles. The van der Waals surface area contributed by atoms with Gasteiger partial charge in [0.15, 0.2) is 6.04 Å². The minimum atomic E-state index is -0.967. The summed E-state index contributed by atoms with van der Waals surface area (Å²) in [5.74, 6) is -0.0320. The molecule has 2 heterocycles. The van der Waals surface area contributed by atoms with Crippen LogP contribution in [0.3, 0.4) is 0 Å². The average molecular weight is 459 g/mol. The van der Waals surface area contributed by atoms with Crippen LogP contribution < -0.4 is 5.32 Å². The minimum absolute atomic E-state index is 0.199. The molecule has 2 atom stereocenters. The summed E-state index contributed by atoms with van der Waals surface area (Å²) in [7, 11) is 0. The second kappa shape index (κ2) is 10.5. The standard InChI is InChI=1S/C27H30N4O3/c1-3-18(4-2)25-22(9-10-24(25)32)31-23(27(33)34)15-17-5-7-20(8-6-17)30-26-21-12-13-28-16-19(21)11-14-29-26/h5-8,11-14,16,18,23,25H,3-4,9-10,15H2,1-2H3,(H,29,30)(H,33,34). The van der Waals surface area contributed by atoms with Gasteiger partial charge in [0.05, 0.1) is 5.92 Å². The molecule has 2 N–H and O–H groups in total. The maximum absolute atomic E-state index is 12.5. The summed E-state index contributed by atoms with van der Waals surface area (Å²) in [4.78, 5) is 37.7. The van der Waals surface area contributed by atoms with Crippen molar-refractivity contribution in [3.05, 3.63) is 60.6 Å². The third kappa shape index (κ3) is 5.14. The Morgan fingerprint density at radius 3 is 2.59 bits per heavy atom. The summed E-state index contributed by atoms with van der Waals surface area (Å²) in [6, 6.07) is 10.6. The van der Waals surface area contributed by atoms with Crippen LogP contribution in [-0.2, 0) is 16.0 Å². The summed E-state index contributed by atoms with van der Waals surface area (Å²) in [6.07, 6.45) is 8.36. The van der Waals surface area contributed by atoms with E-state index < -0.39 is 12.0 Å². The number of pyridine rings is 2. The fourth-order valence-electron chi connectivity index (χ4n) is 4.78. The lowest BCUT2D eigenvalue weighted by Crippen LogP contribution is -2.28. The summed E-state index contributed by atoms with van der Waals surface area (Å²) in [6.45, 7) is 4.15. The van der Waals surface area contributed by atoms with Crippen molar-refractivity contribution in [1.82, 2.24) is 9.97 Å². The molecule has 1 aromatic carbocycles. The van der Waals surface area contributed by atoms with E-state index in [9.17, 15) is 14.7 Å². The number of carboxylic acids is 1. The molecule has 4 rings (SSSR count). The molecule has 1 aliphatic carbocycles. The second-order valence-electron chi connectivity index (χ2n) is 8.78. The Labute approximate surface area is 199 Å². The molecule has 0 bridgehead atoms. The lowest BCUT2D eigenvalue weighted by atomic mass is 9.85. The third-order valence-electron chi connectivity index (χ3n) is 6.67. The number of nitrogens with one attached hydrogen (secondary N) is 1. The number of rotatable bonds is 9. The SMILES string of the molecule is CCC(CC)C1C(=O)CCC1=NC(Cc1ccc(Nc2nccc3cnccc23)cc1)C(=O)O. The normalized spacial score (nSPS) is 18.0. The van der Waals surface area contributed by atoms with Crippen molar-refractivity contribution in [2.75, 3.05) is 5.32 Å². The first kappa shape index (κ1) is 23.5. The number of carboxylic acid groups (broad SMARTS) is 1. The summed E-state index contributed by atoms with van der Waals surface area (Å²) in [5, 5.41) is 15.1. The molecular formula is C27H30N4O3. The van der Waals surface area contributed by atoms with Gasteiger partial charge in [-0.2, -0.15) is 0 Å². The molecule has 7 nitrogen and oxygen atoms in total. The zero-order valence-corrected chi connectivity index (χ0v) is 19.6. The lowest BCUT2D eigenvalue weighted by molar-refractivity contribution is -0.138. The first-order chi connectivity index (χ1) is 16.5. The Morgan fingerprint density at radius 1 is 1.12 bits per heavy atom. The van der Waals surface area contributed by atoms with Crippen molar-refractivity contribution in [3.8, 4) is 0 Å². The quantitative estimate of drug-likeness (QED) is 0.455. The van der Waals surface area contributed by atoms with Gasteiger partial charge in [0.1, 0.15) is 11.6 Å². The van der Waals surface area contributed by atoms with Crippen LogP contribution in [0.4, 0.5) is 11.5 Å². The zero-order chi connectivity index (χ0) is 24.1. The van der Waals surface area contributed by atoms with Crippen LogP contribution in [0.15, 0.2) is 60.0 Å². The second-order valence-corrected chi connectivity index (χ2v) is 8.78. The van der Waals surface area contributed by atoms with Gasteiger partial charge in [-0.25, -0.2) is 9.78 Å². The molecule has 0 radical (unpaired) electrons. The van der Waals surface area contributed by atoms with Crippen LogP contribution in [0.25, 0.3) is 10.8 Å². The van der Waals surface area contributed by atoms with E-state index in [1.807, 2.05) is 36.4 Å². The number of aliphatic imine (C=N–C) groups is 1. The van der Waals surface area contributed by atoms with Crippen molar-refractivity contribution < 1.29 is 14.7 Å². The summed E-state index contributed by atoms with van der Waals surface area (Å²) < 4.78 is 0. The van der Waals surface area contributed by atoms with Gasteiger partial charge in [-0.05, 0) is 42.2 Å². The van der Waals surface area contributed by atoms with Crippen LogP contribution in [0, 0.1) is 11.8 Å². The van der Waals surface area contributed by atoms with Crippen LogP contribution >= 0.6 is 0 Å². The Hall–Kier alpha value is -3.61. The highest BCUT2D eigenvalue weighted by molar-refractivity contribution is 6.11. The number of Topliss-reactive ketones (excluding diaryl/α,β-unsaturated/α-hetero) is 1. The van der Waals surface area contributed by atoms with Gasteiger partial charge in [-0.3, -0.25) is 14.8 Å². The largest absolute Gasteiger partial charge is 0.480 e. The highest BCUT2D eigenvalue weighted by atomic mass is 16.4. The molecule has 3 aromatic rings. The molecule has 0 saturated heterocycles. The van der Waals surface area contributed by atoms with E-state index in [-0.39, 0.29) is 24.0 Å². The molecule has 0 spiro atoms. The average Bonchev–Trinajstić information content (AvgIpc) is 3.21. The van der Waals surface area contributed by atoms with Gasteiger partial charge in [-0.1, -0.05) is 38.8 Å². The topological polar surface area (TPSA) is 105 Å². The Morgan fingerprint density at radius 2 is 1.88 bits per heavy atom. The molecule has 1 aliphatic rings. The fraction of sp³-hybridized carbons (Fsp3) is 0.370. The van der Waals surface area contributed by atoms with Crippen LogP contribution in [0.1, 0.15) is 45.1 Å². The zero-order valence-electron chi connectivity index (χ0n) is 19.6. The maximum Gasteiger partial charge on any atom is 0.328 e. The monoisotopic (exact) mass is 458 g/mol. The smallest absolute Gasteiger partial charge is 0.328 e. The highest BCUT2D eigenvalue weighted by Gasteiger charge is 2.36. The Bertz CT molecular complexity index is 1200. The lowest BCUT2D eigenvalue weighted by Gasteiger charge is -2.21. The molecule has 0 aliphatic heterocycles. The number of carbonyl (C=O) groups excluding carboxylic acids is 1. The first-order valence-corrected chi connectivity index (χ1v) is 11.9. The van der Waals surface area contributed by atoms with Gasteiger partial charge in [0, 0.05) is 53.6 Å². The van der Waals surface area contributed by atoms with E-state index >= 15 is 0 Å². The van der Waals surface area contributed by atoms with Gasteiger partial charge < -0.3 is 10.4 Å². The molecule has 34 heavy (non-hydrogen) atoms. The molecular weight excluding hydrogens is 428 g/mol. The van der Waals surface area contributed by atoms with Gasteiger partial charge in [0.25, 0.3) is 0 Å². The molecule has 0 amide bonds. The fourth-order valence-corrected chi connectivity index (χ4v) is 4.78. The summed E-state index contributed by atoms with van der Waals surface area (Å²) in [5.41, 5.74) is 2.50. The summed E-state index contributed by atoms with van der Waals surface area (Å²) >= 11 is 0. The van der Waals surface area contributed by atoms with E-state index in [1.165, 1.54) is 0 Å². The van der Waals surface area contributed by atoms with E-state index in [4.69, 9.17) is 0 Å². The van der Waals surface area contributed by atoms with E-state index in [1.54, 1.807) is 18.6 Å². The van der Waals surface area contributed by atoms with E-state index in [2.05, 4.69) is 34.1 Å². The number of aromatic nitrogens is 2. The first-order valence-electron chi connectivity index (χ1n) is 11.9. The molecule has 7 heteroatoms. The number of nitrogens with zero attached hydrogens (tertiary/aromatic N) is 3. The highest BCUT2D eigenvalue weighted by Crippen LogP contribution is 2.31. The number of hydrogen-bond acceptors (Lipinski definition) is 6. The van der Waals surface area contributed by atoms with Crippen molar-refractivity contribution >= 4 is 39.7 Å². The van der Waals surface area contributed by atoms with E-state index in [0.717, 1.165) is 46.4 Å². The maximum atomic E-state index is 12.5. The number of hydrogen-bond donors (Lipinski definition) is 2. The number of aliphatic carboxylic acids is 1. The minimum Gasteiger partial charge on any atom is -0.480 e. The van der Waals surface area contributed by atoms with Gasteiger partial charge in [-0.15, -0.1) is 0 Å². The molecule has 2 unspecified atom stereocenters. The Kier molecular flexibility index (Phi) is 7.30. The van der Waals surface area contributed by atoms with E-state index in [0.29, 0.717) is 12.8 Å². The molecule has 1 saturated carbocycles. The molecule has 176 valence electrons. The van der Waals surface area contributed by atoms with Crippen LogP contribution in [0.2, 0.25) is 0 Å². The van der Waals surface area contributed by atoms with Crippen molar-refractivity contribution in [3.63, 3.8) is 0 Å². The number of carbonyl (C=O) groups is 2. The van der Waals surface area contributed by atoms with Gasteiger partial charge in [0.2, 0.25) is 0 Å². The number of anilines is 2. The van der Waals surface area contributed by atoms with Crippen LogP contribution in [0.5, 0.6) is 0 Å². The van der Waals surface area contributed by atoms with Crippen molar-refractivity contribution in [2.45, 2.75) is 52.0 Å².